The van der Waals surface area contributed by atoms with Gasteiger partial charge >= 0.3 is 6.09 Å². The molecule has 9 nitrogen and oxygen atoms in total. The molecule has 0 bridgehead atoms. The first-order valence-electron chi connectivity index (χ1n) is 12.8. The Morgan fingerprint density at radius 2 is 1.79 bits per heavy atom. The smallest absolute Gasteiger partial charge is 0.411 e. The number of halogens is 1. The predicted molar refractivity (Wildman–Crippen MR) is 148 cm³/mol. The Morgan fingerprint density at radius 1 is 1.05 bits per heavy atom. The molecule has 4 heterocycles. The maximum Gasteiger partial charge on any atom is 0.411 e. The van der Waals surface area contributed by atoms with E-state index in [4.69, 9.17) is 16.3 Å². The lowest BCUT2D eigenvalue weighted by atomic mass is 9.86. The van der Waals surface area contributed by atoms with Crippen LogP contribution in [0, 0.1) is 0 Å². The number of nitrogens with zero attached hydrogens (tertiary/aromatic N) is 5. The summed E-state index contributed by atoms with van der Waals surface area (Å²) in [6.45, 7) is 7.29. The lowest BCUT2D eigenvalue weighted by molar-refractivity contribution is 0.0214. The second-order valence-electron chi connectivity index (χ2n) is 11.3. The first-order valence-corrected chi connectivity index (χ1v) is 14.9. The van der Waals surface area contributed by atoms with Gasteiger partial charge in [0.2, 0.25) is 5.95 Å². The standard InChI is InChI=1S/C27H32ClN5O4S/c1-26(2,3)37-25(34)32-15-19-14-20(28)8-9-22(19)33-23(16-32)29-30-24(33)31-12-10-27(11-13-31)21-7-5-4-6-18(21)17-38(27,35)36/h4-9,14,35-36H,10-13,15-17H2,1-3H3. The number of hydrogen-bond acceptors (Lipinski definition) is 7. The van der Waals surface area contributed by atoms with Gasteiger partial charge in [-0.05, 0) is 68.5 Å². The van der Waals surface area contributed by atoms with Gasteiger partial charge in [0.05, 0.1) is 29.3 Å². The zero-order valence-corrected chi connectivity index (χ0v) is 23.3. The minimum Gasteiger partial charge on any atom is -0.444 e. The van der Waals surface area contributed by atoms with Crippen LogP contribution in [0.1, 0.15) is 56.1 Å². The lowest BCUT2D eigenvalue weighted by Crippen LogP contribution is -2.44. The quantitative estimate of drug-likeness (QED) is 0.382. The fourth-order valence-electron chi connectivity index (χ4n) is 5.93. The van der Waals surface area contributed by atoms with Crippen molar-refractivity contribution in [3.8, 4) is 5.69 Å². The van der Waals surface area contributed by atoms with Crippen molar-refractivity contribution in [1.82, 2.24) is 19.7 Å². The molecule has 1 amide bonds. The van der Waals surface area contributed by atoms with Crippen LogP contribution in [0.5, 0.6) is 0 Å². The molecule has 1 fully saturated rings. The van der Waals surface area contributed by atoms with Crippen LogP contribution in [0.2, 0.25) is 5.02 Å². The van der Waals surface area contributed by atoms with E-state index in [1.54, 1.807) is 4.90 Å². The number of amides is 1. The number of benzene rings is 2. The average molecular weight is 558 g/mol. The number of rotatable bonds is 1. The molecule has 3 aliphatic rings. The highest BCUT2D eigenvalue weighted by atomic mass is 35.5. The molecular formula is C27H32ClN5O4S. The molecule has 38 heavy (non-hydrogen) atoms. The van der Waals surface area contributed by atoms with E-state index in [0.717, 1.165) is 22.4 Å². The van der Waals surface area contributed by atoms with Gasteiger partial charge in [-0.1, -0.05) is 35.9 Å². The van der Waals surface area contributed by atoms with E-state index >= 15 is 0 Å². The normalized spacial score (nSPS) is 20.4. The molecule has 11 heteroatoms. The molecule has 1 saturated heterocycles. The van der Waals surface area contributed by atoms with Gasteiger partial charge in [0.25, 0.3) is 0 Å². The molecular weight excluding hydrogens is 526 g/mol. The number of fused-ring (bicyclic) bond motifs is 5. The molecule has 0 saturated carbocycles. The van der Waals surface area contributed by atoms with Crippen molar-refractivity contribution in [2.24, 2.45) is 0 Å². The summed E-state index contributed by atoms with van der Waals surface area (Å²) >= 11 is 6.36. The predicted octanol–water partition coefficient (Wildman–Crippen LogP) is 5.93. The number of aromatic nitrogens is 3. The van der Waals surface area contributed by atoms with Crippen molar-refractivity contribution in [1.29, 1.82) is 0 Å². The highest BCUT2D eigenvalue weighted by Gasteiger charge is 2.52. The zero-order chi connectivity index (χ0) is 26.9. The molecule has 1 spiro atoms. The van der Waals surface area contributed by atoms with Crippen LogP contribution in [0.3, 0.4) is 0 Å². The molecule has 3 aliphatic heterocycles. The molecule has 0 radical (unpaired) electrons. The summed E-state index contributed by atoms with van der Waals surface area (Å²) in [4.78, 5) is 16.8. The molecule has 202 valence electrons. The van der Waals surface area contributed by atoms with Crippen molar-refractivity contribution < 1.29 is 18.6 Å². The molecule has 3 aromatic rings. The summed E-state index contributed by atoms with van der Waals surface area (Å²) in [5.74, 6) is 1.62. The third-order valence-corrected chi connectivity index (χ3v) is 10.5. The Labute approximate surface area is 228 Å². The van der Waals surface area contributed by atoms with Gasteiger partial charge in [0.15, 0.2) is 5.82 Å². The third kappa shape index (κ3) is 4.14. The Morgan fingerprint density at radius 3 is 2.53 bits per heavy atom. The van der Waals surface area contributed by atoms with Crippen molar-refractivity contribution in [2.45, 2.75) is 62.8 Å². The first kappa shape index (κ1) is 25.5. The molecule has 2 aromatic carbocycles. The molecule has 2 N–H and O–H groups in total. The maximum absolute atomic E-state index is 13.0. The van der Waals surface area contributed by atoms with Crippen molar-refractivity contribution in [2.75, 3.05) is 18.0 Å². The summed E-state index contributed by atoms with van der Waals surface area (Å²) < 4.78 is 29.4. The fourth-order valence-corrected chi connectivity index (χ4v) is 8.48. The minimum atomic E-state index is -2.81. The van der Waals surface area contributed by atoms with Crippen LogP contribution >= 0.6 is 22.2 Å². The van der Waals surface area contributed by atoms with E-state index in [1.165, 1.54) is 0 Å². The summed E-state index contributed by atoms with van der Waals surface area (Å²) in [5.41, 5.74) is 3.21. The molecule has 1 aromatic heterocycles. The van der Waals surface area contributed by atoms with E-state index in [9.17, 15) is 13.9 Å². The third-order valence-electron chi connectivity index (χ3n) is 7.69. The average Bonchev–Trinajstić information content (AvgIpc) is 3.29. The van der Waals surface area contributed by atoms with Crippen LogP contribution in [-0.2, 0) is 28.3 Å². The summed E-state index contributed by atoms with van der Waals surface area (Å²) in [6, 6.07) is 13.6. The lowest BCUT2D eigenvalue weighted by Gasteiger charge is -2.50. The largest absolute Gasteiger partial charge is 0.444 e. The van der Waals surface area contributed by atoms with Crippen molar-refractivity contribution in [3.63, 3.8) is 0 Å². The monoisotopic (exact) mass is 557 g/mol. The highest BCUT2D eigenvalue weighted by molar-refractivity contribution is 8.24. The van der Waals surface area contributed by atoms with Crippen LogP contribution in [0.4, 0.5) is 10.7 Å². The molecule has 0 unspecified atom stereocenters. The minimum absolute atomic E-state index is 0.236. The SMILES string of the molecule is CC(C)(C)OC(=O)N1Cc2cc(Cl)ccc2-n2c(nnc2N2CCC3(CC2)c2ccccc2CS3(O)O)C1. The van der Waals surface area contributed by atoms with Crippen molar-refractivity contribution in [3.05, 3.63) is 70.0 Å². The van der Waals surface area contributed by atoms with E-state index in [2.05, 4.69) is 15.1 Å². The Hall–Kier alpha value is -2.79. The van der Waals surface area contributed by atoms with Gasteiger partial charge in [-0.2, -0.15) is 10.6 Å². The van der Waals surface area contributed by atoms with Gasteiger partial charge in [0.1, 0.15) is 5.60 Å². The number of carbonyl (C=O) groups excluding carboxylic acids is 1. The maximum atomic E-state index is 13.0. The first-order chi connectivity index (χ1) is 18.0. The van der Waals surface area contributed by atoms with Gasteiger partial charge in [0, 0.05) is 18.1 Å². The van der Waals surface area contributed by atoms with Gasteiger partial charge in [-0.15, -0.1) is 10.2 Å². The molecule has 0 aliphatic carbocycles. The number of hydrogen-bond donors (Lipinski definition) is 2. The Balaban J connectivity index is 1.34. The van der Waals surface area contributed by atoms with Gasteiger partial charge in [-0.25, -0.2) is 4.79 Å². The van der Waals surface area contributed by atoms with Crippen LogP contribution in [0.15, 0.2) is 42.5 Å². The summed E-state index contributed by atoms with van der Waals surface area (Å²) in [5, 5.41) is 9.63. The summed E-state index contributed by atoms with van der Waals surface area (Å²) in [7, 11) is -2.81. The van der Waals surface area contributed by atoms with E-state index in [0.29, 0.717) is 55.0 Å². The highest BCUT2D eigenvalue weighted by Crippen LogP contribution is 2.70. The Bertz CT molecular complexity index is 1410. The fraction of sp³-hybridized carbons (Fsp3) is 0.444. The van der Waals surface area contributed by atoms with Gasteiger partial charge in [-0.3, -0.25) is 18.6 Å². The Kier molecular flexibility index (Phi) is 5.95. The number of ether oxygens (including phenoxy) is 1. The van der Waals surface area contributed by atoms with Crippen LogP contribution < -0.4 is 4.90 Å². The number of piperidine rings is 1. The van der Waals surface area contributed by atoms with E-state index in [1.807, 2.05) is 67.8 Å². The van der Waals surface area contributed by atoms with Crippen LogP contribution in [-0.4, -0.2) is 53.6 Å². The second-order valence-corrected chi connectivity index (χ2v) is 14.2. The number of anilines is 1. The van der Waals surface area contributed by atoms with Gasteiger partial charge < -0.3 is 9.64 Å². The number of carbonyl (C=O) groups is 1. The van der Waals surface area contributed by atoms with E-state index < -0.39 is 27.0 Å². The van der Waals surface area contributed by atoms with E-state index in [-0.39, 0.29) is 6.54 Å². The zero-order valence-electron chi connectivity index (χ0n) is 21.7. The van der Waals surface area contributed by atoms with Crippen molar-refractivity contribution >= 4 is 34.2 Å². The summed E-state index contributed by atoms with van der Waals surface area (Å²) in [6.07, 6.45) is 0.782. The topological polar surface area (TPSA) is 104 Å². The molecule has 0 atom stereocenters. The van der Waals surface area contributed by atoms with Crippen LogP contribution in [0.25, 0.3) is 5.69 Å². The second kappa shape index (κ2) is 8.87. The molecule has 6 rings (SSSR count).